The standard InChI is InChI=1S/C25H22N6S2/c26-18-5-1-3-7-20(18)28-11-16-9-22-24(32-16)13-31-15-30(22)14-25-23(31)10-17(33-25)12-29-21-8-4-2-6-19(21)27/h1-12H,13-15,26-27H2. The van der Waals surface area contributed by atoms with Crippen LogP contribution in [0, 0.1) is 0 Å². The summed E-state index contributed by atoms with van der Waals surface area (Å²) in [6.45, 7) is 2.71. The van der Waals surface area contributed by atoms with Crippen LogP contribution in [-0.4, -0.2) is 19.1 Å². The van der Waals surface area contributed by atoms with Gasteiger partial charge in [-0.2, -0.15) is 0 Å². The topological polar surface area (TPSA) is 83.2 Å². The third-order valence-corrected chi connectivity index (χ3v) is 7.93. The first-order valence-electron chi connectivity index (χ1n) is 10.7. The number of fused-ring (bicyclic) bond motifs is 6. The second-order valence-electron chi connectivity index (χ2n) is 8.09. The van der Waals surface area contributed by atoms with E-state index in [-0.39, 0.29) is 0 Å². The van der Waals surface area contributed by atoms with Gasteiger partial charge in [-0.1, -0.05) is 24.3 Å². The van der Waals surface area contributed by atoms with Crippen LogP contribution in [0.15, 0.2) is 70.6 Å². The van der Waals surface area contributed by atoms with E-state index >= 15 is 0 Å². The number of rotatable bonds is 4. The maximum atomic E-state index is 6.02. The molecule has 0 spiro atoms. The predicted octanol–water partition coefficient (Wildman–Crippen LogP) is 5.77. The number of para-hydroxylation sites is 4. The highest BCUT2D eigenvalue weighted by Crippen LogP contribution is 2.44. The quantitative estimate of drug-likeness (QED) is 0.293. The first kappa shape index (κ1) is 20.0. The van der Waals surface area contributed by atoms with Gasteiger partial charge in [0.2, 0.25) is 0 Å². The van der Waals surface area contributed by atoms with Crippen molar-refractivity contribution in [2.24, 2.45) is 9.98 Å². The minimum atomic E-state index is 0.694. The van der Waals surface area contributed by atoms with Crippen molar-refractivity contribution in [2.45, 2.75) is 13.1 Å². The molecule has 6 nitrogen and oxygen atoms in total. The Morgan fingerprint density at radius 2 is 1.15 bits per heavy atom. The summed E-state index contributed by atoms with van der Waals surface area (Å²) in [4.78, 5) is 19.1. The molecule has 0 amide bonds. The molecule has 2 aromatic carbocycles. The zero-order valence-corrected chi connectivity index (χ0v) is 19.4. The van der Waals surface area contributed by atoms with Gasteiger partial charge in [-0.15, -0.1) is 22.7 Å². The molecule has 0 fully saturated rings. The third kappa shape index (κ3) is 3.77. The molecule has 0 atom stereocenters. The Morgan fingerprint density at radius 3 is 1.61 bits per heavy atom. The van der Waals surface area contributed by atoms with Crippen molar-refractivity contribution < 1.29 is 0 Å². The van der Waals surface area contributed by atoms with E-state index in [0.29, 0.717) is 11.4 Å². The van der Waals surface area contributed by atoms with Crippen LogP contribution in [0.1, 0.15) is 19.5 Å². The highest BCUT2D eigenvalue weighted by molar-refractivity contribution is 7.15. The molecule has 0 saturated heterocycles. The normalized spacial score (nSPS) is 14.8. The molecule has 33 heavy (non-hydrogen) atoms. The van der Waals surface area contributed by atoms with E-state index < -0.39 is 0 Å². The fourth-order valence-electron chi connectivity index (χ4n) is 4.22. The number of hydrogen-bond donors (Lipinski definition) is 2. The molecule has 8 heteroatoms. The Bertz CT molecular complexity index is 1290. The molecule has 0 aliphatic carbocycles. The number of anilines is 4. The van der Waals surface area contributed by atoms with Gasteiger partial charge in [-0.05, 0) is 36.4 Å². The summed E-state index contributed by atoms with van der Waals surface area (Å²) in [5.41, 5.74) is 17.7. The minimum absolute atomic E-state index is 0.694. The van der Waals surface area contributed by atoms with Gasteiger partial charge >= 0.3 is 0 Å². The molecule has 0 radical (unpaired) electrons. The summed E-state index contributed by atoms with van der Waals surface area (Å²) in [6.07, 6.45) is 3.85. The van der Waals surface area contributed by atoms with Crippen LogP contribution >= 0.6 is 22.7 Å². The zero-order chi connectivity index (χ0) is 22.4. The fourth-order valence-corrected chi connectivity index (χ4v) is 6.37. The molecule has 2 aromatic heterocycles. The SMILES string of the molecule is Nc1ccccc1N=Cc1cc2c(s1)CN1CN2Cc2sc(C=Nc3ccccc3N)cc21. The van der Waals surface area contributed by atoms with Crippen LogP contribution in [0.3, 0.4) is 0 Å². The molecule has 0 saturated carbocycles. The van der Waals surface area contributed by atoms with Crippen molar-refractivity contribution in [2.75, 3.05) is 27.9 Å². The van der Waals surface area contributed by atoms with Crippen molar-refractivity contribution in [3.8, 4) is 0 Å². The van der Waals surface area contributed by atoms with Gasteiger partial charge in [0.1, 0.15) is 0 Å². The summed E-state index contributed by atoms with van der Waals surface area (Å²) < 4.78 is 0. The largest absolute Gasteiger partial charge is 0.397 e. The molecule has 4 aromatic rings. The minimum Gasteiger partial charge on any atom is -0.397 e. The van der Waals surface area contributed by atoms with Gasteiger partial charge < -0.3 is 21.3 Å². The van der Waals surface area contributed by atoms with Crippen LogP contribution in [0.25, 0.3) is 0 Å². The Balaban J connectivity index is 1.23. The van der Waals surface area contributed by atoms with Crippen molar-refractivity contribution in [1.82, 2.24) is 0 Å². The van der Waals surface area contributed by atoms with E-state index in [4.69, 9.17) is 11.5 Å². The molecule has 2 aliphatic heterocycles. The van der Waals surface area contributed by atoms with Gasteiger partial charge in [-0.25, -0.2) is 0 Å². The van der Waals surface area contributed by atoms with Crippen molar-refractivity contribution in [1.29, 1.82) is 0 Å². The maximum absolute atomic E-state index is 6.02. The number of hydrogen-bond acceptors (Lipinski definition) is 8. The molecule has 4 heterocycles. The van der Waals surface area contributed by atoms with Gasteiger partial charge in [0, 0.05) is 31.9 Å². The molecular formula is C25H22N6S2. The second-order valence-corrected chi connectivity index (χ2v) is 10.4. The average Bonchev–Trinajstić information content (AvgIpc) is 3.42. The molecular weight excluding hydrogens is 448 g/mol. The maximum Gasteiger partial charge on any atom is 0.0911 e. The van der Waals surface area contributed by atoms with Crippen LogP contribution in [0.4, 0.5) is 34.1 Å². The predicted molar refractivity (Wildman–Crippen MR) is 142 cm³/mol. The first-order valence-corrected chi connectivity index (χ1v) is 12.3. The van der Waals surface area contributed by atoms with Crippen LogP contribution in [-0.2, 0) is 13.1 Å². The second kappa shape index (κ2) is 8.06. The van der Waals surface area contributed by atoms with E-state index in [9.17, 15) is 0 Å². The van der Waals surface area contributed by atoms with E-state index in [1.807, 2.05) is 61.0 Å². The highest BCUT2D eigenvalue weighted by Gasteiger charge is 2.32. The summed E-state index contributed by atoms with van der Waals surface area (Å²) in [6, 6.07) is 19.9. The summed E-state index contributed by atoms with van der Waals surface area (Å²) in [7, 11) is 0. The number of nitrogens with zero attached hydrogens (tertiary/aromatic N) is 4. The number of nitrogen functional groups attached to an aromatic ring is 2. The van der Waals surface area contributed by atoms with Gasteiger partial charge in [0.05, 0.1) is 53.9 Å². The lowest BCUT2D eigenvalue weighted by molar-refractivity contribution is 0.666. The van der Waals surface area contributed by atoms with Crippen molar-refractivity contribution >= 4 is 69.2 Å². The Kier molecular flexibility index (Phi) is 4.89. The smallest absolute Gasteiger partial charge is 0.0911 e. The molecule has 4 N–H and O–H groups in total. The van der Waals surface area contributed by atoms with Gasteiger partial charge in [0.15, 0.2) is 0 Å². The Hall–Kier alpha value is -3.62. The molecule has 2 bridgehead atoms. The number of benzene rings is 2. The Labute approximate surface area is 200 Å². The van der Waals surface area contributed by atoms with Crippen molar-refractivity contribution in [3.63, 3.8) is 0 Å². The molecule has 0 unspecified atom stereocenters. The lowest BCUT2D eigenvalue weighted by atomic mass is 10.1. The number of aliphatic imine (C=N–C) groups is 2. The van der Waals surface area contributed by atoms with Crippen LogP contribution in [0.5, 0.6) is 0 Å². The number of thiophene rings is 2. The van der Waals surface area contributed by atoms with Gasteiger partial charge in [0.25, 0.3) is 0 Å². The molecule has 2 aliphatic rings. The summed E-state index contributed by atoms with van der Waals surface area (Å²) in [5.74, 6) is 0. The highest BCUT2D eigenvalue weighted by atomic mass is 32.1. The lowest BCUT2D eigenvalue weighted by Crippen LogP contribution is -2.44. The van der Waals surface area contributed by atoms with E-state index in [0.717, 1.165) is 40.9 Å². The van der Waals surface area contributed by atoms with Crippen LogP contribution in [0.2, 0.25) is 0 Å². The monoisotopic (exact) mass is 470 g/mol. The molecule has 164 valence electrons. The zero-order valence-electron chi connectivity index (χ0n) is 17.8. The summed E-state index contributed by atoms with van der Waals surface area (Å²) >= 11 is 3.60. The Morgan fingerprint density at radius 1 is 0.697 bits per heavy atom. The average molecular weight is 471 g/mol. The van der Waals surface area contributed by atoms with E-state index in [1.54, 1.807) is 22.7 Å². The van der Waals surface area contributed by atoms with E-state index in [1.165, 1.54) is 21.1 Å². The van der Waals surface area contributed by atoms with Crippen molar-refractivity contribution in [3.05, 3.63) is 80.2 Å². The first-order chi connectivity index (χ1) is 16.1. The lowest BCUT2D eigenvalue weighted by Gasteiger charge is -2.42. The number of nitrogens with two attached hydrogens (primary N) is 2. The summed E-state index contributed by atoms with van der Waals surface area (Å²) in [5, 5.41) is 0. The fraction of sp³-hybridized carbons (Fsp3) is 0.120. The van der Waals surface area contributed by atoms with Crippen LogP contribution < -0.4 is 21.3 Å². The third-order valence-electron chi connectivity index (χ3n) is 5.84. The van der Waals surface area contributed by atoms with E-state index in [2.05, 4.69) is 31.9 Å². The van der Waals surface area contributed by atoms with Gasteiger partial charge in [-0.3, -0.25) is 9.98 Å². The molecule has 6 rings (SSSR count).